The quantitative estimate of drug-likeness (QED) is 0.869. The number of aliphatic hydroxyl groups is 1. The molecule has 5 nitrogen and oxygen atoms in total. The fourth-order valence-corrected chi connectivity index (χ4v) is 5.36. The van der Waals surface area contributed by atoms with E-state index >= 15 is 0 Å². The molecule has 0 saturated carbocycles. The van der Waals surface area contributed by atoms with E-state index < -0.39 is 6.10 Å². The van der Waals surface area contributed by atoms with Gasteiger partial charge in [-0.05, 0) is 36.8 Å². The zero-order valence-electron chi connectivity index (χ0n) is 15.0. The SMILES string of the molecule is CCCc1nc(C(=O)N2CCC3(CC2)c2ccccc2[C@@H](N)[C@@H]3O)cs1. The van der Waals surface area contributed by atoms with E-state index in [1.165, 1.54) is 0 Å². The van der Waals surface area contributed by atoms with Crippen molar-refractivity contribution in [2.24, 2.45) is 5.73 Å². The highest BCUT2D eigenvalue weighted by Crippen LogP contribution is 2.50. The summed E-state index contributed by atoms with van der Waals surface area (Å²) in [5, 5.41) is 13.8. The van der Waals surface area contributed by atoms with E-state index in [0.29, 0.717) is 18.8 Å². The maximum Gasteiger partial charge on any atom is 0.273 e. The summed E-state index contributed by atoms with van der Waals surface area (Å²) in [5.41, 5.74) is 8.70. The van der Waals surface area contributed by atoms with Crippen LogP contribution in [0.3, 0.4) is 0 Å². The van der Waals surface area contributed by atoms with Crippen molar-refractivity contribution in [3.8, 4) is 0 Å². The number of aryl methyl sites for hydroxylation is 1. The average molecular weight is 372 g/mol. The number of nitrogens with zero attached hydrogens (tertiary/aromatic N) is 2. The molecule has 2 aliphatic rings. The molecule has 4 rings (SSSR count). The predicted molar refractivity (Wildman–Crippen MR) is 102 cm³/mol. The Hall–Kier alpha value is -1.76. The van der Waals surface area contributed by atoms with Gasteiger partial charge in [-0.2, -0.15) is 0 Å². The Balaban J connectivity index is 1.51. The van der Waals surface area contributed by atoms with E-state index in [1.54, 1.807) is 11.3 Å². The summed E-state index contributed by atoms with van der Waals surface area (Å²) in [7, 11) is 0. The van der Waals surface area contributed by atoms with E-state index in [4.69, 9.17) is 5.73 Å². The maximum atomic E-state index is 12.8. The van der Waals surface area contributed by atoms with Crippen LogP contribution in [0.4, 0.5) is 0 Å². The van der Waals surface area contributed by atoms with Gasteiger partial charge in [0.15, 0.2) is 0 Å². The van der Waals surface area contributed by atoms with Crippen LogP contribution < -0.4 is 5.73 Å². The molecule has 2 aromatic rings. The number of piperidine rings is 1. The topological polar surface area (TPSA) is 79.5 Å². The van der Waals surface area contributed by atoms with E-state index in [-0.39, 0.29) is 17.4 Å². The molecule has 6 heteroatoms. The van der Waals surface area contributed by atoms with Crippen molar-refractivity contribution < 1.29 is 9.90 Å². The van der Waals surface area contributed by atoms with Crippen molar-refractivity contribution >= 4 is 17.2 Å². The molecule has 0 radical (unpaired) electrons. The Morgan fingerprint density at radius 1 is 1.38 bits per heavy atom. The van der Waals surface area contributed by atoms with Gasteiger partial charge in [-0.1, -0.05) is 31.2 Å². The molecule has 0 unspecified atom stereocenters. The van der Waals surface area contributed by atoms with E-state index in [0.717, 1.165) is 41.8 Å². The predicted octanol–water partition coefficient (Wildman–Crippen LogP) is 2.64. The second-order valence-corrected chi connectivity index (χ2v) is 8.33. The number of rotatable bonds is 3. The van der Waals surface area contributed by atoms with Gasteiger partial charge in [-0.15, -0.1) is 11.3 Å². The van der Waals surface area contributed by atoms with Crippen molar-refractivity contribution in [3.63, 3.8) is 0 Å². The molecule has 1 saturated heterocycles. The lowest BCUT2D eigenvalue weighted by Gasteiger charge is -2.42. The normalized spacial score (nSPS) is 24.0. The van der Waals surface area contributed by atoms with Crippen molar-refractivity contribution in [3.05, 3.63) is 51.5 Å². The molecule has 2 heterocycles. The number of hydrogen-bond donors (Lipinski definition) is 2. The van der Waals surface area contributed by atoms with Crippen molar-refractivity contribution in [1.29, 1.82) is 0 Å². The van der Waals surface area contributed by atoms with Crippen LogP contribution in [0, 0.1) is 0 Å². The highest BCUT2D eigenvalue weighted by molar-refractivity contribution is 7.09. The first-order valence-corrected chi connectivity index (χ1v) is 10.2. The summed E-state index contributed by atoms with van der Waals surface area (Å²) < 4.78 is 0. The molecule has 1 aromatic carbocycles. The lowest BCUT2D eigenvalue weighted by Crippen LogP contribution is -2.50. The molecule has 138 valence electrons. The fourth-order valence-electron chi connectivity index (χ4n) is 4.49. The zero-order chi connectivity index (χ0) is 18.3. The minimum atomic E-state index is -0.590. The van der Waals surface area contributed by atoms with Gasteiger partial charge in [-0.3, -0.25) is 4.79 Å². The number of aliphatic hydroxyl groups excluding tert-OH is 1. The Morgan fingerprint density at radius 2 is 2.12 bits per heavy atom. The average Bonchev–Trinajstić information content (AvgIpc) is 3.22. The Labute approximate surface area is 157 Å². The van der Waals surface area contributed by atoms with Crippen molar-refractivity contribution in [2.75, 3.05) is 13.1 Å². The molecule has 1 aliphatic heterocycles. The lowest BCUT2D eigenvalue weighted by atomic mass is 9.72. The number of thiazole rings is 1. The summed E-state index contributed by atoms with van der Waals surface area (Å²) in [6, 6.07) is 7.73. The molecule has 26 heavy (non-hydrogen) atoms. The van der Waals surface area contributed by atoms with Crippen LogP contribution in [0.15, 0.2) is 29.6 Å². The molecule has 3 N–H and O–H groups in total. The minimum absolute atomic E-state index is 0.00326. The molecular weight excluding hydrogens is 346 g/mol. The lowest BCUT2D eigenvalue weighted by molar-refractivity contribution is 0.0260. The number of carbonyl (C=O) groups excluding carboxylic acids is 1. The van der Waals surface area contributed by atoms with Gasteiger partial charge in [-0.25, -0.2) is 4.98 Å². The number of likely N-dealkylation sites (tertiary alicyclic amines) is 1. The summed E-state index contributed by atoms with van der Waals surface area (Å²) in [5.74, 6) is 0.00326. The standard InChI is InChI=1S/C20H25N3O2S/c1-2-5-16-22-15(12-26-16)19(25)23-10-8-20(9-11-23)14-7-4-3-6-13(14)17(21)18(20)24/h3-4,6-7,12,17-18,24H,2,5,8-11,21H2,1H3/t17-,18+/m1/s1. The van der Waals surface area contributed by atoms with Crippen LogP contribution >= 0.6 is 11.3 Å². The number of amides is 1. The third-order valence-corrected chi connectivity index (χ3v) is 6.85. The van der Waals surface area contributed by atoms with Crippen LogP contribution in [-0.4, -0.2) is 40.1 Å². The number of carbonyl (C=O) groups is 1. The monoisotopic (exact) mass is 371 g/mol. The molecule has 1 fully saturated rings. The van der Waals surface area contributed by atoms with Crippen molar-refractivity contribution in [2.45, 2.75) is 50.2 Å². The van der Waals surface area contributed by atoms with E-state index in [2.05, 4.69) is 18.0 Å². The number of hydrogen-bond acceptors (Lipinski definition) is 5. The van der Waals surface area contributed by atoms with Gasteiger partial charge in [0.2, 0.25) is 0 Å². The molecule has 1 amide bonds. The number of fused-ring (bicyclic) bond motifs is 2. The molecule has 1 aromatic heterocycles. The fraction of sp³-hybridized carbons (Fsp3) is 0.500. The summed E-state index contributed by atoms with van der Waals surface area (Å²) in [6.07, 6.45) is 2.83. The van der Waals surface area contributed by atoms with Crippen LogP contribution in [0.1, 0.15) is 58.9 Å². The maximum absolute atomic E-state index is 12.8. The van der Waals surface area contributed by atoms with Gasteiger partial charge in [0.1, 0.15) is 5.69 Å². The highest BCUT2D eigenvalue weighted by Gasteiger charge is 2.51. The third kappa shape index (κ3) is 2.68. The first-order chi connectivity index (χ1) is 12.6. The third-order valence-electron chi connectivity index (χ3n) is 5.94. The van der Waals surface area contributed by atoms with Gasteiger partial charge in [0.05, 0.1) is 17.2 Å². The molecule has 0 bridgehead atoms. The van der Waals surface area contributed by atoms with Gasteiger partial charge in [0.25, 0.3) is 5.91 Å². The second-order valence-electron chi connectivity index (χ2n) is 7.38. The first-order valence-electron chi connectivity index (χ1n) is 9.33. The summed E-state index contributed by atoms with van der Waals surface area (Å²) >= 11 is 1.56. The van der Waals surface area contributed by atoms with Crippen LogP contribution in [0.5, 0.6) is 0 Å². The summed E-state index contributed by atoms with van der Waals surface area (Å²) in [4.78, 5) is 19.2. The smallest absolute Gasteiger partial charge is 0.273 e. The highest BCUT2D eigenvalue weighted by atomic mass is 32.1. The Kier molecular flexibility index (Phi) is 4.59. The first kappa shape index (κ1) is 17.6. The second kappa shape index (κ2) is 6.76. The largest absolute Gasteiger partial charge is 0.390 e. The Morgan fingerprint density at radius 3 is 2.85 bits per heavy atom. The molecule has 2 atom stereocenters. The van der Waals surface area contributed by atoms with E-state index in [1.807, 2.05) is 28.5 Å². The van der Waals surface area contributed by atoms with Gasteiger partial charge in [0, 0.05) is 23.9 Å². The zero-order valence-corrected chi connectivity index (χ0v) is 15.8. The number of benzene rings is 1. The van der Waals surface area contributed by atoms with Crippen LogP contribution in [-0.2, 0) is 11.8 Å². The van der Waals surface area contributed by atoms with Gasteiger partial charge < -0.3 is 15.7 Å². The van der Waals surface area contributed by atoms with Crippen molar-refractivity contribution in [1.82, 2.24) is 9.88 Å². The summed E-state index contributed by atoms with van der Waals surface area (Å²) in [6.45, 7) is 3.36. The molecule has 1 aliphatic carbocycles. The van der Waals surface area contributed by atoms with Gasteiger partial charge >= 0.3 is 0 Å². The van der Waals surface area contributed by atoms with E-state index in [9.17, 15) is 9.90 Å². The Bertz CT molecular complexity index is 811. The number of aromatic nitrogens is 1. The molecular formula is C20H25N3O2S. The van der Waals surface area contributed by atoms with Crippen LogP contribution in [0.2, 0.25) is 0 Å². The molecule has 1 spiro atoms. The van der Waals surface area contributed by atoms with Crippen LogP contribution in [0.25, 0.3) is 0 Å². The number of nitrogens with two attached hydrogens (primary N) is 1. The minimum Gasteiger partial charge on any atom is -0.390 e.